The predicted octanol–water partition coefficient (Wildman–Crippen LogP) is 2.84. The molecule has 0 unspecified atom stereocenters. The average molecular weight is 408 g/mol. The van der Waals surface area contributed by atoms with Crippen molar-refractivity contribution < 1.29 is 9.84 Å². The fourth-order valence-corrected chi connectivity index (χ4v) is 3.06. The molecule has 156 valence electrons. The summed E-state index contributed by atoms with van der Waals surface area (Å²) in [6, 6.07) is 14.0. The summed E-state index contributed by atoms with van der Waals surface area (Å²) in [6.07, 6.45) is 0.379. The summed E-state index contributed by atoms with van der Waals surface area (Å²) in [6.45, 7) is 1.83. The summed E-state index contributed by atoms with van der Waals surface area (Å²) in [4.78, 5) is 33.8. The monoisotopic (exact) mass is 408 g/mol. The highest BCUT2D eigenvalue weighted by Gasteiger charge is 2.19. The van der Waals surface area contributed by atoms with Crippen molar-refractivity contribution >= 4 is 17.1 Å². The lowest BCUT2D eigenvalue weighted by Gasteiger charge is -2.14. The predicted molar refractivity (Wildman–Crippen MR) is 118 cm³/mol. The van der Waals surface area contributed by atoms with Gasteiger partial charge in [0, 0.05) is 19.8 Å². The number of anilines is 1. The van der Waals surface area contributed by atoms with Gasteiger partial charge in [0.15, 0.2) is 0 Å². The first kappa shape index (κ1) is 20.9. The summed E-state index contributed by atoms with van der Waals surface area (Å²) in [5.41, 5.74) is 0.881. The molecule has 0 spiro atoms. The third-order valence-electron chi connectivity index (χ3n) is 4.65. The second-order valence-electron chi connectivity index (χ2n) is 6.82. The molecule has 0 aliphatic heterocycles. The van der Waals surface area contributed by atoms with Gasteiger partial charge >= 0.3 is 5.69 Å². The largest absolute Gasteiger partial charge is 0.497 e. The molecule has 8 nitrogen and oxygen atoms in total. The van der Waals surface area contributed by atoms with Crippen LogP contribution in [0, 0.1) is 0 Å². The third-order valence-corrected chi connectivity index (χ3v) is 4.65. The normalized spacial score (nSPS) is 11.4. The van der Waals surface area contributed by atoms with Gasteiger partial charge < -0.3 is 14.7 Å². The van der Waals surface area contributed by atoms with Gasteiger partial charge in [0.25, 0.3) is 5.56 Å². The van der Waals surface area contributed by atoms with E-state index in [1.54, 1.807) is 24.3 Å². The Hall–Kier alpha value is -3.81. The minimum absolute atomic E-state index is 0.0387. The van der Waals surface area contributed by atoms with E-state index in [4.69, 9.17) is 4.74 Å². The van der Waals surface area contributed by atoms with Crippen molar-refractivity contribution in [1.82, 2.24) is 9.55 Å². The number of hydrogen-bond donors (Lipinski definition) is 2. The van der Waals surface area contributed by atoms with Crippen LogP contribution in [-0.2, 0) is 0 Å². The van der Waals surface area contributed by atoms with E-state index in [0.717, 1.165) is 10.3 Å². The Morgan fingerprint density at radius 3 is 2.47 bits per heavy atom. The summed E-state index contributed by atoms with van der Waals surface area (Å²) in [5.74, 6) is 0.144. The number of aromatic amines is 1. The van der Waals surface area contributed by atoms with Gasteiger partial charge in [-0.2, -0.15) is 0 Å². The zero-order valence-corrected chi connectivity index (χ0v) is 17.3. The van der Waals surface area contributed by atoms with Gasteiger partial charge in [-0.3, -0.25) is 14.8 Å². The van der Waals surface area contributed by atoms with Gasteiger partial charge in [-0.15, -0.1) is 0 Å². The van der Waals surface area contributed by atoms with E-state index in [-0.39, 0.29) is 5.56 Å². The van der Waals surface area contributed by atoms with Crippen molar-refractivity contribution in [3.63, 3.8) is 0 Å². The molecule has 2 aromatic carbocycles. The zero-order valence-electron chi connectivity index (χ0n) is 17.3. The number of nitrogens with zero attached hydrogens (tertiary/aromatic N) is 3. The highest BCUT2D eigenvalue weighted by Crippen LogP contribution is 2.24. The molecule has 8 heteroatoms. The molecule has 0 aliphatic rings. The van der Waals surface area contributed by atoms with E-state index >= 15 is 0 Å². The van der Waals surface area contributed by atoms with E-state index in [9.17, 15) is 14.7 Å². The van der Waals surface area contributed by atoms with Gasteiger partial charge in [-0.05, 0) is 48.9 Å². The standard InChI is InChI=1S/C22H24N4O4/c1-5-18(23-14-7-6-8-16(13-14)25(2)3)19-20(27)24-22(29)26(21(19)28)15-9-11-17(30-4)12-10-15/h6-13,28H,5H2,1-4H3,(H,24,27,29). The van der Waals surface area contributed by atoms with Crippen LogP contribution >= 0.6 is 0 Å². The van der Waals surface area contributed by atoms with Crippen LogP contribution in [0.4, 0.5) is 11.4 Å². The smallest absolute Gasteiger partial charge is 0.335 e. The number of benzene rings is 2. The number of rotatable bonds is 6. The average Bonchev–Trinajstić information content (AvgIpc) is 2.73. The highest BCUT2D eigenvalue weighted by molar-refractivity contribution is 6.03. The Morgan fingerprint density at radius 1 is 1.17 bits per heavy atom. The quantitative estimate of drug-likeness (QED) is 0.611. The molecule has 2 N–H and O–H groups in total. The fraction of sp³-hybridized carbons (Fsp3) is 0.227. The first-order valence-corrected chi connectivity index (χ1v) is 9.43. The van der Waals surface area contributed by atoms with E-state index < -0.39 is 17.1 Å². The number of aliphatic imine (C=N–C) groups is 1. The van der Waals surface area contributed by atoms with Crippen LogP contribution in [0.15, 0.2) is 63.1 Å². The maximum absolute atomic E-state index is 12.6. The Bertz CT molecular complexity index is 1190. The van der Waals surface area contributed by atoms with Crippen molar-refractivity contribution in [3.05, 3.63) is 74.9 Å². The lowest BCUT2D eigenvalue weighted by molar-refractivity contribution is 0.414. The van der Waals surface area contributed by atoms with Crippen LogP contribution in [0.1, 0.15) is 18.9 Å². The van der Waals surface area contributed by atoms with Gasteiger partial charge in [0.2, 0.25) is 5.88 Å². The van der Waals surface area contributed by atoms with Crippen molar-refractivity contribution in [2.45, 2.75) is 13.3 Å². The Morgan fingerprint density at radius 2 is 1.87 bits per heavy atom. The Kier molecular flexibility index (Phi) is 6.06. The molecular weight excluding hydrogens is 384 g/mol. The molecule has 0 bridgehead atoms. The molecule has 0 saturated carbocycles. The molecule has 0 aliphatic carbocycles. The van der Waals surface area contributed by atoms with E-state index in [0.29, 0.717) is 29.3 Å². The maximum Gasteiger partial charge on any atom is 0.335 e. The fourth-order valence-electron chi connectivity index (χ4n) is 3.06. The van der Waals surface area contributed by atoms with Gasteiger partial charge in [0.05, 0.1) is 24.2 Å². The number of methoxy groups -OCH3 is 1. The topological polar surface area (TPSA) is 99.9 Å². The van der Waals surface area contributed by atoms with Crippen molar-refractivity contribution in [1.29, 1.82) is 0 Å². The summed E-state index contributed by atoms with van der Waals surface area (Å²) >= 11 is 0. The molecule has 3 aromatic rings. The number of ether oxygens (including phenoxy) is 1. The Balaban J connectivity index is 2.17. The second-order valence-corrected chi connectivity index (χ2v) is 6.82. The molecular formula is C22H24N4O4. The zero-order chi connectivity index (χ0) is 21.8. The van der Waals surface area contributed by atoms with Gasteiger partial charge in [-0.1, -0.05) is 13.0 Å². The molecule has 1 aromatic heterocycles. The minimum Gasteiger partial charge on any atom is -0.497 e. The highest BCUT2D eigenvalue weighted by atomic mass is 16.5. The molecule has 30 heavy (non-hydrogen) atoms. The number of H-pyrrole nitrogens is 1. The third kappa shape index (κ3) is 4.12. The van der Waals surface area contributed by atoms with Crippen molar-refractivity contribution in [2.75, 3.05) is 26.1 Å². The lowest BCUT2D eigenvalue weighted by atomic mass is 10.1. The van der Waals surface area contributed by atoms with E-state index in [1.165, 1.54) is 7.11 Å². The molecule has 0 saturated heterocycles. The number of hydrogen-bond acceptors (Lipinski definition) is 6. The first-order chi connectivity index (χ1) is 14.3. The van der Waals surface area contributed by atoms with Crippen LogP contribution < -0.4 is 20.9 Å². The summed E-state index contributed by atoms with van der Waals surface area (Å²) < 4.78 is 6.17. The second kappa shape index (κ2) is 8.69. The molecule has 1 heterocycles. The molecule has 0 fully saturated rings. The molecule has 0 amide bonds. The van der Waals surface area contributed by atoms with Gasteiger partial charge in [0.1, 0.15) is 11.3 Å². The molecule has 0 atom stereocenters. The van der Waals surface area contributed by atoms with Crippen molar-refractivity contribution in [3.8, 4) is 17.3 Å². The van der Waals surface area contributed by atoms with E-state index in [1.807, 2.05) is 50.2 Å². The van der Waals surface area contributed by atoms with Crippen LogP contribution in [-0.4, -0.2) is 41.6 Å². The molecule has 3 rings (SSSR count). The Labute approximate surface area is 173 Å². The summed E-state index contributed by atoms with van der Waals surface area (Å²) in [5, 5.41) is 10.9. The van der Waals surface area contributed by atoms with Gasteiger partial charge in [-0.25, -0.2) is 9.36 Å². The van der Waals surface area contributed by atoms with Crippen LogP contribution in [0.3, 0.4) is 0 Å². The first-order valence-electron chi connectivity index (χ1n) is 9.43. The molecule has 0 radical (unpaired) electrons. The summed E-state index contributed by atoms with van der Waals surface area (Å²) in [7, 11) is 5.38. The number of nitrogens with one attached hydrogen (secondary N) is 1. The number of aromatic hydroxyl groups is 1. The van der Waals surface area contributed by atoms with Crippen LogP contribution in [0.25, 0.3) is 5.69 Å². The van der Waals surface area contributed by atoms with E-state index in [2.05, 4.69) is 9.98 Å². The minimum atomic E-state index is -0.739. The van der Waals surface area contributed by atoms with Crippen molar-refractivity contribution in [2.24, 2.45) is 4.99 Å². The SMILES string of the molecule is CCC(=Nc1cccc(N(C)C)c1)c1c(O)n(-c2ccc(OC)cc2)c(=O)[nH]c1=O. The van der Waals surface area contributed by atoms with Crippen LogP contribution in [0.5, 0.6) is 11.6 Å². The lowest BCUT2D eigenvalue weighted by Crippen LogP contribution is -2.33. The maximum atomic E-state index is 12.6. The van der Waals surface area contributed by atoms with Crippen LogP contribution in [0.2, 0.25) is 0 Å². The number of aromatic nitrogens is 2.